The van der Waals surface area contributed by atoms with Crippen molar-refractivity contribution in [1.29, 1.82) is 0 Å². The SMILES string of the molecule is Cc1cccc(Nc2ncnc3cc(-c4ccc(N5CCOCC5)nc4)ccc23)c1. The molecule has 1 aliphatic heterocycles. The Labute approximate surface area is 175 Å². The van der Waals surface area contributed by atoms with E-state index in [1.807, 2.05) is 18.3 Å². The van der Waals surface area contributed by atoms with E-state index in [2.05, 4.69) is 74.6 Å². The predicted octanol–water partition coefficient (Wildman–Crippen LogP) is 4.58. The fourth-order valence-corrected chi connectivity index (χ4v) is 3.73. The van der Waals surface area contributed by atoms with E-state index in [1.54, 1.807) is 6.33 Å². The molecule has 1 saturated heterocycles. The second-order valence-corrected chi connectivity index (χ2v) is 7.45. The van der Waals surface area contributed by atoms with Crippen molar-refractivity contribution in [1.82, 2.24) is 15.0 Å². The molecular formula is C24H23N5O. The van der Waals surface area contributed by atoms with E-state index < -0.39 is 0 Å². The van der Waals surface area contributed by atoms with Gasteiger partial charge in [0.05, 0.1) is 18.7 Å². The fourth-order valence-electron chi connectivity index (χ4n) is 3.73. The van der Waals surface area contributed by atoms with E-state index in [1.165, 1.54) is 5.56 Å². The number of nitrogens with zero attached hydrogens (tertiary/aromatic N) is 4. The largest absolute Gasteiger partial charge is 0.378 e. The van der Waals surface area contributed by atoms with Gasteiger partial charge in [-0.2, -0.15) is 0 Å². The number of nitrogens with one attached hydrogen (secondary N) is 1. The minimum Gasteiger partial charge on any atom is -0.378 e. The smallest absolute Gasteiger partial charge is 0.141 e. The Balaban J connectivity index is 1.42. The summed E-state index contributed by atoms with van der Waals surface area (Å²) in [5.74, 6) is 1.80. The monoisotopic (exact) mass is 397 g/mol. The molecule has 5 rings (SSSR count). The number of benzene rings is 2. The Bertz CT molecular complexity index is 1170. The molecule has 0 radical (unpaired) electrons. The highest BCUT2D eigenvalue weighted by atomic mass is 16.5. The van der Waals surface area contributed by atoms with Gasteiger partial charge in [-0.25, -0.2) is 15.0 Å². The van der Waals surface area contributed by atoms with Crippen LogP contribution in [-0.4, -0.2) is 41.3 Å². The normalized spacial score (nSPS) is 14.1. The van der Waals surface area contributed by atoms with Crippen LogP contribution in [0.3, 0.4) is 0 Å². The zero-order chi connectivity index (χ0) is 20.3. The molecule has 4 aromatic rings. The predicted molar refractivity (Wildman–Crippen MR) is 120 cm³/mol. The van der Waals surface area contributed by atoms with E-state index in [-0.39, 0.29) is 0 Å². The lowest BCUT2D eigenvalue weighted by atomic mass is 10.1. The van der Waals surface area contributed by atoms with Crippen LogP contribution < -0.4 is 10.2 Å². The molecule has 6 nitrogen and oxygen atoms in total. The van der Waals surface area contributed by atoms with E-state index >= 15 is 0 Å². The van der Waals surface area contributed by atoms with Crippen LogP contribution in [0.15, 0.2) is 67.1 Å². The molecule has 1 aliphatic rings. The third-order valence-electron chi connectivity index (χ3n) is 5.33. The Morgan fingerprint density at radius 1 is 0.900 bits per heavy atom. The van der Waals surface area contributed by atoms with E-state index in [0.717, 1.165) is 65.7 Å². The van der Waals surface area contributed by atoms with Gasteiger partial charge in [-0.1, -0.05) is 18.2 Å². The van der Waals surface area contributed by atoms with Gasteiger partial charge in [0.1, 0.15) is 18.0 Å². The standard InChI is InChI=1S/C24H23N5O/c1-17-3-2-4-20(13-17)28-24-21-7-5-18(14-22(21)26-16-27-24)19-6-8-23(25-15-19)29-9-11-30-12-10-29/h2-8,13-16H,9-12H2,1H3,(H,26,27,28). The molecule has 30 heavy (non-hydrogen) atoms. The number of fused-ring (bicyclic) bond motifs is 1. The van der Waals surface area contributed by atoms with Crippen molar-refractivity contribution >= 4 is 28.2 Å². The highest BCUT2D eigenvalue weighted by molar-refractivity contribution is 5.93. The molecule has 0 saturated carbocycles. The summed E-state index contributed by atoms with van der Waals surface area (Å²) in [5, 5.41) is 4.40. The molecule has 0 bridgehead atoms. The van der Waals surface area contributed by atoms with Gasteiger partial charge in [0.2, 0.25) is 0 Å². The summed E-state index contributed by atoms with van der Waals surface area (Å²) in [6.07, 6.45) is 3.53. The van der Waals surface area contributed by atoms with E-state index in [4.69, 9.17) is 4.74 Å². The summed E-state index contributed by atoms with van der Waals surface area (Å²) in [5.41, 5.74) is 5.27. The molecule has 150 valence electrons. The first-order valence-corrected chi connectivity index (χ1v) is 10.1. The van der Waals surface area contributed by atoms with Crippen LogP contribution in [0.4, 0.5) is 17.3 Å². The van der Waals surface area contributed by atoms with E-state index in [0.29, 0.717) is 0 Å². The highest BCUT2D eigenvalue weighted by Gasteiger charge is 2.12. The number of aryl methyl sites for hydroxylation is 1. The van der Waals surface area contributed by atoms with Gasteiger partial charge >= 0.3 is 0 Å². The van der Waals surface area contributed by atoms with Gasteiger partial charge in [-0.05, 0) is 54.4 Å². The van der Waals surface area contributed by atoms with Crippen LogP contribution in [-0.2, 0) is 4.74 Å². The number of pyridine rings is 1. The third-order valence-corrected chi connectivity index (χ3v) is 5.33. The molecule has 0 atom stereocenters. The van der Waals surface area contributed by atoms with Gasteiger partial charge in [0.25, 0.3) is 0 Å². The molecule has 1 N–H and O–H groups in total. The molecule has 6 heteroatoms. The number of ether oxygens (including phenoxy) is 1. The first kappa shape index (κ1) is 18.5. The molecule has 2 aromatic heterocycles. The molecule has 3 heterocycles. The number of anilines is 3. The van der Waals surface area contributed by atoms with Crippen LogP contribution in [0, 0.1) is 6.92 Å². The second-order valence-electron chi connectivity index (χ2n) is 7.45. The average molecular weight is 397 g/mol. The lowest BCUT2D eigenvalue weighted by Crippen LogP contribution is -2.36. The number of hydrogen-bond acceptors (Lipinski definition) is 6. The van der Waals surface area contributed by atoms with Crippen molar-refractivity contribution in [3.8, 4) is 11.1 Å². The van der Waals surface area contributed by atoms with Crippen LogP contribution in [0.5, 0.6) is 0 Å². The second kappa shape index (κ2) is 8.08. The molecule has 2 aromatic carbocycles. The van der Waals surface area contributed by atoms with Gasteiger partial charge in [0, 0.05) is 35.9 Å². The molecule has 0 spiro atoms. The Morgan fingerprint density at radius 3 is 2.57 bits per heavy atom. The van der Waals surface area contributed by atoms with E-state index in [9.17, 15) is 0 Å². The Morgan fingerprint density at radius 2 is 1.77 bits per heavy atom. The minimum absolute atomic E-state index is 0.757. The lowest BCUT2D eigenvalue weighted by molar-refractivity contribution is 0.122. The number of rotatable bonds is 4. The van der Waals surface area contributed by atoms with Gasteiger partial charge in [0.15, 0.2) is 0 Å². The lowest BCUT2D eigenvalue weighted by Gasteiger charge is -2.27. The maximum atomic E-state index is 5.42. The van der Waals surface area contributed by atoms with Gasteiger partial charge < -0.3 is 15.0 Å². The van der Waals surface area contributed by atoms with Crippen molar-refractivity contribution in [3.05, 3.63) is 72.7 Å². The summed E-state index contributed by atoms with van der Waals surface area (Å²) in [7, 11) is 0. The van der Waals surface area contributed by atoms with Crippen molar-refractivity contribution in [3.63, 3.8) is 0 Å². The third kappa shape index (κ3) is 3.82. The van der Waals surface area contributed by atoms with Gasteiger partial charge in [-0.15, -0.1) is 0 Å². The number of aromatic nitrogens is 3. The first-order chi connectivity index (χ1) is 14.8. The maximum Gasteiger partial charge on any atom is 0.141 e. The molecule has 0 aliphatic carbocycles. The average Bonchev–Trinajstić information content (AvgIpc) is 2.80. The van der Waals surface area contributed by atoms with Crippen LogP contribution in [0.2, 0.25) is 0 Å². The Kier molecular flexibility index (Phi) is 4.99. The van der Waals surface area contributed by atoms with Crippen LogP contribution >= 0.6 is 0 Å². The maximum absolute atomic E-state index is 5.42. The quantitative estimate of drug-likeness (QED) is 0.544. The fraction of sp³-hybridized carbons (Fsp3) is 0.208. The topological polar surface area (TPSA) is 63.2 Å². The summed E-state index contributed by atoms with van der Waals surface area (Å²) < 4.78 is 5.42. The van der Waals surface area contributed by atoms with Crippen molar-refractivity contribution in [2.75, 3.05) is 36.5 Å². The number of morpholine rings is 1. The van der Waals surface area contributed by atoms with Crippen molar-refractivity contribution < 1.29 is 4.74 Å². The van der Waals surface area contributed by atoms with Crippen molar-refractivity contribution in [2.24, 2.45) is 0 Å². The zero-order valence-corrected chi connectivity index (χ0v) is 16.9. The van der Waals surface area contributed by atoms with Crippen LogP contribution in [0.1, 0.15) is 5.56 Å². The number of hydrogen-bond donors (Lipinski definition) is 1. The first-order valence-electron chi connectivity index (χ1n) is 10.1. The Hall–Kier alpha value is -3.51. The summed E-state index contributed by atoms with van der Waals surface area (Å²) >= 11 is 0. The van der Waals surface area contributed by atoms with Crippen molar-refractivity contribution in [2.45, 2.75) is 6.92 Å². The summed E-state index contributed by atoms with van der Waals surface area (Å²) in [6, 6.07) is 18.7. The summed E-state index contributed by atoms with van der Waals surface area (Å²) in [6.45, 7) is 5.36. The van der Waals surface area contributed by atoms with Gasteiger partial charge in [-0.3, -0.25) is 0 Å². The highest BCUT2D eigenvalue weighted by Crippen LogP contribution is 2.28. The molecular weight excluding hydrogens is 374 g/mol. The molecule has 0 unspecified atom stereocenters. The van der Waals surface area contributed by atoms with Crippen LogP contribution in [0.25, 0.3) is 22.0 Å². The summed E-state index contributed by atoms with van der Waals surface area (Å²) in [4.78, 5) is 15.9. The molecule has 1 fully saturated rings. The minimum atomic E-state index is 0.757. The molecule has 0 amide bonds. The zero-order valence-electron chi connectivity index (χ0n) is 16.9.